The van der Waals surface area contributed by atoms with Crippen LogP contribution in [-0.2, 0) is 51.2 Å². The van der Waals surface area contributed by atoms with Crippen LogP contribution in [0.15, 0.2) is 54.6 Å². The number of aliphatic hydroxyl groups excluding tert-OH is 1. The fourth-order valence-electron chi connectivity index (χ4n) is 7.34. The van der Waals surface area contributed by atoms with Gasteiger partial charge in [0.1, 0.15) is 47.8 Å². The summed E-state index contributed by atoms with van der Waals surface area (Å²) in [5, 5.41) is 31.7. The normalized spacial score (nSPS) is 24.6. The lowest BCUT2D eigenvalue weighted by Gasteiger charge is -2.34. The van der Waals surface area contributed by atoms with E-state index >= 15 is 0 Å². The third-order valence-electron chi connectivity index (χ3n) is 10.9. The van der Waals surface area contributed by atoms with Crippen LogP contribution < -0.4 is 64.5 Å². The van der Waals surface area contributed by atoms with Gasteiger partial charge in [0.25, 0.3) is 0 Å². The molecule has 69 heavy (non-hydrogen) atoms. The number of aldehydes is 1. The second-order valence-corrected chi connectivity index (χ2v) is 17.2. The minimum atomic E-state index is -4.95. The molecule has 1 saturated heterocycles. The molecule has 1 fully saturated rings. The number of nitrogens with two attached hydrogens (primary N) is 3. The van der Waals surface area contributed by atoms with Crippen molar-refractivity contribution in [2.24, 2.45) is 23.1 Å². The fourth-order valence-corrected chi connectivity index (χ4v) is 7.34. The Morgan fingerprint density at radius 1 is 0.783 bits per heavy atom. The lowest BCUT2D eigenvalue weighted by molar-refractivity contribution is -0.274. The van der Waals surface area contributed by atoms with E-state index in [-0.39, 0.29) is 82.7 Å². The summed E-state index contributed by atoms with van der Waals surface area (Å²) in [6.45, 7) is 3.77. The van der Waals surface area contributed by atoms with Gasteiger partial charge in [0.05, 0.1) is 18.6 Å². The molecule has 15 N–H and O–H groups in total. The van der Waals surface area contributed by atoms with Crippen molar-refractivity contribution < 1.29 is 61.4 Å². The van der Waals surface area contributed by atoms with E-state index in [2.05, 4.69) is 47.3 Å². The summed E-state index contributed by atoms with van der Waals surface area (Å²) in [4.78, 5) is 110. The molecule has 0 unspecified atom stereocenters. The van der Waals surface area contributed by atoms with Crippen molar-refractivity contribution in [3.05, 3.63) is 65.7 Å². The van der Waals surface area contributed by atoms with E-state index in [1.807, 2.05) is 0 Å². The van der Waals surface area contributed by atoms with Crippen molar-refractivity contribution in [2.75, 3.05) is 32.7 Å². The molecule has 7 amide bonds. The van der Waals surface area contributed by atoms with Crippen molar-refractivity contribution in [3.8, 4) is 5.75 Å². The van der Waals surface area contributed by atoms with Gasteiger partial charge in [0.2, 0.25) is 41.4 Å². The van der Waals surface area contributed by atoms with Crippen LogP contribution in [0.3, 0.4) is 0 Å². The lowest BCUT2D eigenvalue weighted by Crippen LogP contribution is -2.64. The number of nitrogens with one attached hydrogen (secondary N) is 8. The smallest absolute Gasteiger partial charge is 0.406 e. The van der Waals surface area contributed by atoms with Gasteiger partial charge in [-0.1, -0.05) is 56.3 Å². The highest BCUT2D eigenvalue weighted by Gasteiger charge is 2.38. The fraction of sp³-hybridized carbons (Fsp3) is 0.556. The first-order chi connectivity index (χ1) is 32.6. The molecule has 0 spiro atoms. The van der Waals surface area contributed by atoms with E-state index in [1.54, 1.807) is 44.2 Å². The summed E-state index contributed by atoms with van der Waals surface area (Å²) in [5.41, 5.74) is 16.7. The van der Waals surface area contributed by atoms with Gasteiger partial charge in [-0.2, -0.15) is 0 Å². The maximum atomic E-state index is 14.3. The van der Waals surface area contributed by atoms with E-state index in [4.69, 9.17) is 17.2 Å². The van der Waals surface area contributed by atoms with Crippen molar-refractivity contribution >= 4 is 47.6 Å². The van der Waals surface area contributed by atoms with E-state index in [1.165, 1.54) is 19.1 Å². The lowest BCUT2D eigenvalue weighted by atomic mass is 9.94. The highest BCUT2D eigenvalue weighted by atomic mass is 19.4. The van der Waals surface area contributed by atoms with Crippen LogP contribution in [0, 0.1) is 5.92 Å². The van der Waals surface area contributed by atoms with Gasteiger partial charge < -0.3 is 74.4 Å². The molecule has 1 heterocycles. The Kier molecular flexibility index (Phi) is 22.9. The molecule has 8 atom stereocenters. The summed E-state index contributed by atoms with van der Waals surface area (Å²) >= 11 is 0. The molecular weight excluding hydrogens is 912 g/mol. The first-order valence-corrected chi connectivity index (χ1v) is 22.6. The Labute approximate surface area is 398 Å². The number of rotatable bonds is 16. The molecule has 1 aliphatic rings. The second kappa shape index (κ2) is 27.7. The van der Waals surface area contributed by atoms with Crippen molar-refractivity contribution in [1.82, 2.24) is 42.5 Å². The van der Waals surface area contributed by atoms with Crippen LogP contribution in [0.25, 0.3) is 0 Å². The number of alkyl halides is 3. The van der Waals surface area contributed by atoms with Crippen LogP contribution in [-0.4, -0.2) is 140 Å². The minimum Gasteiger partial charge on any atom is -0.406 e. The summed E-state index contributed by atoms with van der Waals surface area (Å²) in [7, 11) is 0. The number of aliphatic hydroxyl groups is 1. The molecule has 2 aromatic rings. The zero-order valence-corrected chi connectivity index (χ0v) is 38.9. The van der Waals surface area contributed by atoms with Crippen molar-refractivity contribution in [1.29, 1.82) is 0 Å². The third-order valence-corrected chi connectivity index (χ3v) is 10.9. The monoisotopic (exact) mass is 977 g/mol. The molecule has 3 rings (SSSR count). The first kappa shape index (κ1) is 57.1. The number of ether oxygens (including phenoxy) is 1. The van der Waals surface area contributed by atoms with Crippen LogP contribution in [0.5, 0.6) is 5.75 Å². The van der Waals surface area contributed by atoms with E-state index in [0.717, 1.165) is 12.1 Å². The average Bonchev–Trinajstić information content (AvgIpc) is 3.28. The third kappa shape index (κ3) is 19.4. The zero-order valence-electron chi connectivity index (χ0n) is 38.9. The van der Waals surface area contributed by atoms with Gasteiger partial charge >= 0.3 is 6.36 Å². The van der Waals surface area contributed by atoms with Crippen molar-refractivity contribution in [2.45, 2.75) is 120 Å². The van der Waals surface area contributed by atoms with E-state index in [9.17, 15) is 56.6 Å². The maximum Gasteiger partial charge on any atom is 0.573 e. The molecule has 0 saturated carbocycles. The number of amides is 7. The first-order valence-electron chi connectivity index (χ1n) is 22.6. The number of halogens is 3. The standard InChI is InChI=1S/C45H66F3N11O10/c1-26(2)21-34-42(67)59-44(25-60,16-19-51)24-53-31(13-17-49)38(63)58-37(27(3)61)43(68)52-20-15-33(54-36(62)23-29-9-11-30(12-10-29)69-45(46,47)48)40(65)55-32(14-18-50)39(64)57-35(41(66)56-34)22-28-7-5-4-6-8-28/h4-12,25-27,31-35,37,53,61H,13-24,49-51H2,1-3H3,(H,52,68)(H,54,62)(H,55,65)(H,56,66)(H,57,64)(H,58,63)(H,59,67)/t27-,31+,32+,33+,34+,35-,37+,44-/m1/s1. The Bertz CT molecular complexity index is 2030. The highest BCUT2D eigenvalue weighted by Crippen LogP contribution is 2.23. The highest BCUT2D eigenvalue weighted by molar-refractivity contribution is 5.96. The van der Waals surface area contributed by atoms with Crippen molar-refractivity contribution in [3.63, 3.8) is 0 Å². The predicted molar refractivity (Wildman–Crippen MR) is 245 cm³/mol. The number of hydrogen-bond donors (Lipinski definition) is 12. The van der Waals surface area contributed by atoms with Gasteiger partial charge in [0.15, 0.2) is 0 Å². The SMILES string of the molecule is CC(C)C[C@@H]1NC(=O)[C@@H](Cc2ccccc2)NC(=O)[C@H](CCN)NC(=O)[C@@H](NC(=O)Cc2ccc(OC(F)(F)F)cc2)CCNC(=O)[C@H]([C@@H](C)O)NC(=O)[C@H](CCN)NC[C@@](C=O)(CCN)NC1=O. The summed E-state index contributed by atoms with van der Waals surface area (Å²) < 4.78 is 42.1. The summed E-state index contributed by atoms with van der Waals surface area (Å²) in [5.74, 6) is -6.66. The number of carbonyl (C=O) groups excluding carboxylic acids is 8. The van der Waals surface area contributed by atoms with Gasteiger partial charge in [-0.25, -0.2) is 0 Å². The van der Waals surface area contributed by atoms with Gasteiger partial charge in [0, 0.05) is 19.5 Å². The Morgan fingerprint density at radius 2 is 1.38 bits per heavy atom. The average molecular weight is 978 g/mol. The van der Waals surface area contributed by atoms with E-state index in [0.29, 0.717) is 11.8 Å². The van der Waals surface area contributed by atoms with Crippen LogP contribution in [0.4, 0.5) is 13.2 Å². The molecule has 0 radical (unpaired) electrons. The number of benzene rings is 2. The maximum absolute atomic E-state index is 14.3. The predicted octanol–water partition coefficient (Wildman–Crippen LogP) is -2.20. The number of carbonyl (C=O) groups is 8. The Hall–Kier alpha value is -6.21. The van der Waals surface area contributed by atoms with Gasteiger partial charge in [-0.05, 0) is 87.8 Å². The number of hydrogen-bond acceptors (Lipinski definition) is 14. The molecule has 0 bridgehead atoms. The van der Waals surface area contributed by atoms with Gasteiger partial charge in [-0.15, -0.1) is 13.2 Å². The molecule has 21 nitrogen and oxygen atoms in total. The molecule has 0 aliphatic carbocycles. The second-order valence-electron chi connectivity index (χ2n) is 17.2. The molecule has 24 heteroatoms. The van der Waals surface area contributed by atoms with E-state index < -0.39 is 108 Å². The molecule has 382 valence electrons. The van der Waals surface area contributed by atoms with Crippen LogP contribution in [0.2, 0.25) is 0 Å². The molecular formula is C45H66F3N11O10. The quantitative estimate of drug-likeness (QED) is 0.0795. The minimum absolute atomic E-state index is 0.0425. The van der Waals surface area contributed by atoms with Crippen LogP contribution >= 0.6 is 0 Å². The zero-order chi connectivity index (χ0) is 51.3. The molecule has 0 aromatic heterocycles. The topological polar surface area (TPSA) is 340 Å². The molecule has 2 aromatic carbocycles. The summed E-state index contributed by atoms with van der Waals surface area (Å²) in [6.07, 6.45) is -7.14. The Balaban J connectivity index is 2.10. The Morgan fingerprint density at radius 3 is 1.96 bits per heavy atom. The molecule has 1 aliphatic heterocycles. The van der Waals surface area contributed by atoms with Gasteiger partial charge in [-0.3, -0.25) is 33.6 Å². The largest absolute Gasteiger partial charge is 0.573 e. The van der Waals surface area contributed by atoms with Crippen LogP contribution in [0.1, 0.15) is 64.0 Å². The summed E-state index contributed by atoms with van der Waals surface area (Å²) in [6, 6.07) is 4.64.